The van der Waals surface area contributed by atoms with Crippen molar-refractivity contribution in [3.63, 3.8) is 0 Å². The van der Waals surface area contributed by atoms with E-state index in [-0.39, 0.29) is 0 Å². The standard InChI is InChI=1S/C13H9NO2/c1-16-13(15)10-6-9-4-2-3-5-12(9)11(7-10)8-14/h2-7H,1H3. The first-order valence-corrected chi connectivity index (χ1v) is 4.77. The summed E-state index contributed by atoms with van der Waals surface area (Å²) in [4.78, 5) is 11.4. The molecule has 0 aliphatic carbocycles. The molecular formula is C13H9NO2. The van der Waals surface area contributed by atoms with E-state index in [0.717, 1.165) is 10.8 Å². The number of benzene rings is 2. The second-order valence-electron chi connectivity index (χ2n) is 3.35. The summed E-state index contributed by atoms with van der Waals surface area (Å²) >= 11 is 0. The highest BCUT2D eigenvalue weighted by Crippen LogP contribution is 2.20. The maximum Gasteiger partial charge on any atom is 0.337 e. The van der Waals surface area contributed by atoms with E-state index in [1.807, 2.05) is 24.3 Å². The second-order valence-corrected chi connectivity index (χ2v) is 3.35. The lowest BCUT2D eigenvalue weighted by Crippen LogP contribution is -2.01. The highest BCUT2D eigenvalue weighted by Gasteiger charge is 2.09. The normalized spacial score (nSPS) is 9.75. The fraction of sp³-hybridized carbons (Fsp3) is 0.0769. The van der Waals surface area contributed by atoms with Crippen molar-refractivity contribution in [2.75, 3.05) is 7.11 Å². The van der Waals surface area contributed by atoms with Gasteiger partial charge in [-0.3, -0.25) is 0 Å². The number of nitriles is 1. The Hall–Kier alpha value is -2.34. The molecule has 0 aliphatic heterocycles. The number of ether oxygens (including phenoxy) is 1. The summed E-state index contributed by atoms with van der Waals surface area (Å²) < 4.78 is 4.64. The first-order valence-electron chi connectivity index (χ1n) is 4.77. The van der Waals surface area contributed by atoms with Crippen molar-refractivity contribution in [2.45, 2.75) is 0 Å². The topological polar surface area (TPSA) is 50.1 Å². The molecule has 0 N–H and O–H groups in total. The predicted molar refractivity (Wildman–Crippen MR) is 60.0 cm³/mol. The first-order chi connectivity index (χ1) is 7.76. The van der Waals surface area contributed by atoms with Crippen LogP contribution in [0, 0.1) is 11.3 Å². The van der Waals surface area contributed by atoms with E-state index in [0.29, 0.717) is 11.1 Å². The molecule has 16 heavy (non-hydrogen) atoms. The van der Waals surface area contributed by atoms with Crippen LogP contribution in [-0.4, -0.2) is 13.1 Å². The molecule has 2 aromatic carbocycles. The molecule has 3 heteroatoms. The molecule has 0 atom stereocenters. The summed E-state index contributed by atoms with van der Waals surface area (Å²) in [6.45, 7) is 0. The van der Waals surface area contributed by atoms with E-state index in [1.165, 1.54) is 7.11 Å². The molecule has 0 aromatic heterocycles. The Balaban J connectivity index is 2.74. The lowest BCUT2D eigenvalue weighted by Gasteiger charge is -2.03. The van der Waals surface area contributed by atoms with Gasteiger partial charge in [-0.05, 0) is 22.9 Å². The third-order valence-corrected chi connectivity index (χ3v) is 2.40. The Bertz CT molecular complexity index is 596. The summed E-state index contributed by atoms with van der Waals surface area (Å²) in [6, 6.07) is 12.8. The van der Waals surface area contributed by atoms with Gasteiger partial charge in [0.25, 0.3) is 0 Å². The third kappa shape index (κ3) is 1.61. The Morgan fingerprint density at radius 2 is 2.06 bits per heavy atom. The minimum absolute atomic E-state index is 0.401. The highest BCUT2D eigenvalue weighted by molar-refractivity contribution is 5.97. The zero-order valence-electron chi connectivity index (χ0n) is 8.73. The van der Waals surface area contributed by atoms with Crippen LogP contribution in [0.25, 0.3) is 10.8 Å². The molecule has 0 bridgehead atoms. The molecule has 3 nitrogen and oxygen atoms in total. The summed E-state index contributed by atoms with van der Waals surface area (Å²) in [5, 5.41) is 10.7. The molecule has 0 amide bonds. The van der Waals surface area contributed by atoms with Gasteiger partial charge in [-0.15, -0.1) is 0 Å². The van der Waals surface area contributed by atoms with Gasteiger partial charge in [-0.25, -0.2) is 4.79 Å². The van der Waals surface area contributed by atoms with Crippen LogP contribution in [-0.2, 0) is 4.74 Å². The zero-order chi connectivity index (χ0) is 11.5. The summed E-state index contributed by atoms with van der Waals surface area (Å²) in [7, 11) is 1.32. The second kappa shape index (κ2) is 4.03. The lowest BCUT2D eigenvalue weighted by atomic mass is 10.0. The Kier molecular flexibility index (Phi) is 2.57. The number of rotatable bonds is 1. The van der Waals surface area contributed by atoms with E-state index in [1.54, 1.807) is 12.1 Å². The molecule has 0 spiro atoms. The van der Waals surface area contributed by atoms with Crippen LogP contribution < -0.4 is 0 Å². The average Bonchev–Trinajstić information content (AvgIpc) is 2.36. The van der Waals surface area contributed by atoms with Crippen molar-refractivity contribution in [2.24, 2.45) is 0 Å². The largest absolute Gasteiger partial charge is 0.465 e. The smallest absolute Gasteiger partial charge is 0.337 e. The van der Waals surface area contributed by atoms with Gasteiger partial charge in [0.2, 0.25) is 0 Å². The van der Waals surface area contributed by atoms with E-state index in [9.17, 15) is 4.79 Å². The Labute approximate surface area is 92.9 Å². The van der Waals surface area contributed by atoms with Crippen LogP contribution >= 0.6 is 0 Å². The predicted octanol–water partition coefficient (Wildman–Crippen LogP) is 2.50. The minimum Gasteiger partial charge on any atom is -0.465 e. The molecule has 0 aliphatic rings. The zero-order valence-corrected chi connectivity index (χ0v) is 8.73. The number of methoxy groups -OCH3 is 1. The number of carbonyl (C=O) groups excluding carboxylic acids is 1. The van der Waals surface area contributed by atoms with Gasteiger partial charge in [0.05, 0.1) is 24.3 Å². The van der Waals surface area contributed by atoms with Crippen LogP contribution in [0.4, 0.5) is 0 Å². The number of esters is 1. The number of fused-ring (bicyclic) bond motifs is 1. The summed E-state index contributed by atoms with van der Waals surface area (Å²) in [5.74, 6) is -0.428. The molecule has 78 valence electrons. The molecule has 0 heterocycles. The van der Waals surface area contributed by atoms with Crippen molar-refractivity contribution in [1.29, 1.82) is 5.26 Å². The molecule has 0 saturated heterocycles. The van der Waals surface area contributed by atoms with Crippen LogP contribution in [0.3, 0.4) is 0 Å². The van der Waals surface area contributed by atoms with Crippen molar-refractivity contribution >= 4 is 16.7 Å². The van der Waals surface area contributed by atoms with Gasteiger partial charge >= 0.3 is 5.97 Å². The van der Waals surface area contributed by atoms with E-state index < -0.39 is 5.97 Å². The highest BCUT2D eigenvalue weighted by atomic mass is 16.5. The van der Waals surface area contributed by atoms with Gasteiger partial charge in [0, 0.05) is 0 Å². The number of hydrogen-bond donors (Lipinski definition) is 0. The molecule has 0 radical (unpaired) electrons. The monoisotopic (exact) mass is 211 g/mol. The fourth-order valence-electron chi connectivity index (χ4n) is 1.64. The third-order valence-electron chi connectivity index (χ3n) is 2.40. The van der Waals surface area contributed by atoms with Crippen LogP contribution in [0.2, 0.25) is 0 Å². The lowest BCUT2D eigenvalue weighted by molar-refractivity contribution is 0.0601. The number of hydrogen-bond acceptors (Lipinski definition) is 3. The number of carbonyl (C=O) groups is 1. The SMILES string of the molecule is COC(=O)c1cc(C#N)c2ccccc2c1. The van der Waals surface area contributed by atoms with Gasteiger partial charge < -0.3 is 4.74 Å². The van der Waals surface area contributed by atoms with Gasteiger partial charge in [0.15, 0.2) is 0 Å². The van der Waals surface area contributed by atoms with Crippen molar-refractivity contribution < 1.29 is 9.53 Å². The van der Waals surface area contributed by atoms with E-state index in [2.05, 4.69) is 10.8 Å². The number of nitrogens with zero attached hydrogens (tertiary/aromatic N) is 1. The molecule has 2 aromatic rings. The molecule has 0 unspecified atom stereocenters. The maximum absolute atomic E-state index is 11.4. The molecular weight excluding hydrogens is 202 g/mol. The van der Waals surface area contributed by atoms with Crippen LogP contribution in [0.1, 0.15) is 15.9 Å². The van der Waals surface area contributed by atoms with E-state index >= 15 is 0 Å². The van der Waals surface area contributed by atoms with Crippen molar-refractivity contribution in [3.05, 3.63) is 47.5 Å². The molecule has 2 rings (SSSR count). The quantitative estimate of drug-likeness (QED) is 0.681. The van der Waals surface area contributed by atoms with Crippen LogP contribution in [0.15, 0.2) is 36.4 Å². The average molecular weight is 211 g/mol. The van der Waals surface area contributed by atoms with Gasteiger partial charge in [-0.1, -0.05) is 24.3 Å². The summed E-state index contributed by atoms with van der Waals surface area (Å²) in [6.07, 6.45) is 0. The molecule has 0 saturated carbocycles. The van der Waals surface area contributed by atoms with Crippen LogP contribution in [0.5, 0.6) is 0 Å². The maximum atomic E-state index is 11.4. The molecule has 0 fully saturated rings. The van der Waals surface area contributed by atoms with Gasteiger partial charge in [-0.2, -0.15) is 5.26 Å². The van der Waals surface area contributed by atoms with Gasteiger partial charge in [0.1, 0.15) is 0 Å². The first kappa shape index (κ1) is 10.2. The Morgan fingerprint density at radius 1 is 1.31 bits per heavy atom. The Morgan fingerprint density at radius 3 is 2.75 bits per heavy atom. The van der Waals surface area contributed by atoms with E-state index in [4.69, 9.17) is 5.26 Å². The minimum atomic E-state index is -0.428. The summed E-state index contributed by atoms with van der Waals surface area (Å²) in [5.41, 5.74) is 0.885. The van der Waals surface area contributed by atoms with Crippen molar-refractivity contribution in [3.8, 4) is 6.07 Å². The fourth-order valence-corrected chi connectivity index (χ4v) is 1.64. The van der Waals surface area contributed by atoms with Crippen molar-refractivity contribution in [1.82, 2.24) is 0 Å².